The summed E-state index contributed by atoms with van der Waals surface area (Å²) < 4.78 is 2.13. The van der Waals surface area contributed by atoms with Gasteiger partial charge in [0.1, 0.15) is 0 Å². The third-order valence-corrected chi connectivity index (χ3v) is 7.00. The van der Waals surface area contributed by atoms with Crippen LogP contribution >= 0.6 is 0 Å². The van der Waals surface area contributed by atoms with Gasteiger partial charge in [0, 0.05) is 37.3 Å². The average Bonchev–Trinajstić information content (AvgIpc) is 3.18. The van der Waals surface area contributed by atoms with Crippen LogP contribution in [0.3, 0.4) is 0 Å². The molecule has 1 aliphatic heterocycles. The first-order valence-corrected chi connectivity index (χ1v) is 10.7. The van der Waals surface area contributed by atoms with Crippen LogP contribution in [-0.2, 0) is 12.8 Å². The fraction of sp³-hybridized carbons (Fsp3) is 0.810. The first kappa shape index (κ1) is 17.9. The minimum Gasteiger partial charge on any atom is -0.335 e. The quantitative estimate of drug-likeness (QED) is 0.866. The Kier molecular flexibility index (Phi) is 4.98. The minimum atomic E-state index is 0.157. The molecule has 4 rings (SSSR count). The topological polar surface area (TPSA) is 50.2 Å². The number of aryl methyl sites for hydroxylation is 1. The predicted molar refractivity (Wildman–Crippen MR) is 103 cm³/mol. The van der Waals surface area contributed by atoms with Crippen molar-refractivity contribution in [3.8, 4) is 0 Å². The van der Waals surface area contributed by atoms with Gasteiger partial charge in [-0.3, -0.25) is 4.68 Å². The molecular formula is C21H34N4O. The van der Waals surface area contributed by atoms with Gasteiger partial charge in [0.25, 0.3) is 0 Å². The summed E-state index contributed by atoms with van der Waals surface area (Å²) in [5, 5.41) is 7.89. The number of carbonyl (C=O) groups excluding carboxylic acids is 1. The molecule has 1 spiro atoms. The van der Waals surface area contributed by atoms with Gasteiger partial charge in [-0.15, -0.1) is 0 Å². The maximum absolute atomic E-state index is 12.9. The van der Waals surface area contributed by atoms with Crippen molar-refractivity contribution >= 4 is 6.03 Å². The summed E-state index contributed by atoms with van der Waals surface area (Å²) in [6.45, 7) is 6.21. The molecule has 2 amide bonds. The summed E-state index contributed by atoms with van der Waals surface area (Å²) in [4.78, 5) is 15.0. The summed E-state index contributed by atoms with van der Waals surface area (Å²) in [6.07, 6.45) is 14.2. The molecule has 0 bridgehead atoms. The number of aromatic nitrogens is 2. The summed E-state index contributed by atoms with van der Waals surface area (Å²) >= 11 is 0. The van der Waals surface area contributed by atoms with E-state index in [4.69, 9.17) is 0 Å². The van der Waals surface area contributed by atoms with Gasteiger partial charge in [0.15, 0.2) is 0 Å². The van der Waals surface area contributed by atoms with E-state index in [2.05, 4.69) is 33.8 Å². The van der Waals surface area contributed by atoms with Crippen molar-refractivity contribution in [2.75, 3.05) is 13.1 Å². The van der Waals surface area contributed by atoms with E-state index in [1.807, 2.05) is 6.20 Å². The predicted octanol–water partition coefficient (Wildman–Crippen LogP) is 4.08. The highest BCUT2D eigenvalue weighted by Crippen LogP contribution is 2.46. The zero-order chi connectivity index (χ0) is 18.1. The van der Waals surface area contributed by atoms with Gasteiger partial charge < -0.3 is 10.2 Å². The molecule has 1 atom stereocenters. The lowest BCUT2D eigenvalue weighted by atomic mass is 9.79. The van der Waals surface area contributed by atoms with Crippen molar-refractivity contribution < 1.29 is 4.79 Å². The summed E-state index contributed by atoms with van der Waals surface area (Å²) in [7, 11) is 0. The molecule has 1 aromatic rings. The molecule has 26 heavy (non-hydrogen) atoms. The van der Waals surface area contributed by atoms with Gasteiger partial charge in [-0.1, -0.05) is 12.8 Å². The van der Waals surface area contributed by atoms with Crippen molar-refractivity contribution in [1.29, 1.82) is 0 Å². The highest BCUT2D eigenvalue weighted by atomic mass is 16.2. The first-order chi connectivity index (χ1) is 12.6. The molecule has 1 saturated heterocycles. The van der Waals surface area contributed by atoms with Crippen LogP contribution in [0.5, 0.6) is 0 Å². The van der Waals surface area contributed by atoms with Crippen molar-refractivity contribution in [3.63, 3.8) is 0 Å². The van der Waals surface area contributed by atoms with Gasteiger partial charge in [-0.25, -0.2) is 4.79 Å². The molecule has 2 heterocycles. The molecule has 2 aliphatic carbocycles. The van der Waals surface area contributed by atoms with Crippen LogP contribution in [0.4, 0.5) is 4.79 Å². The molecule has 144 valence electrons. The van der Waals surface area contributed by atoms with Crippen molar-refractivity contribution in [3.05, 3.63) is 17.5 Å². The van der Waals surface area contributed by atoms with Crippen LogP contribution in [0.2, 0.25) is 0 Å². The monoisotopic (exact) mass is 358 g/mol. The van der Waals surface area contributed by atoms with Gasteiger partial charge in [-0.05, 0) is 69.8 Å². The number of urea groups is 1. The summed E-state index contributed by atoms with van der Waals surface area (Å²) in [5.74, 6) is 0. The van der Waals surface area contributed by atoms with Crippen molar-refractivity contribution in [2.45, 2.75) is 90.1 Å². The standard InChI is InChI=1S/C21H34N4O/c1-16(2)25-19-14-18(7-6-17(19)15-22-25)23-20(26)24-12-5-10-21(11-13-24)8-3-4-9-21/h15-16,18H,3-14H2,1-2H3,(H,23,26). The smallest absolute Gasteiger partial charge is 0.317 e. The first-order valence-electron chi connectivity index (χ1n) is 10.7. The molecule has 1 aromatic heterocycles. The van der Waals surface area contributed by atoms with E-state index in [-0.39, 0.29) is 12.1 Å². The van der Waals surface area contributed by atoms with Gasteiger partial charge in [-0.2, -0.15) is 5.10 Å². The molecule has 5 heteroatoms. The fourth-order valence-electron chi connectivity index (χ4n) is 5.44. The number of hydrogen-bond acceptors (Lipinski definition) is 2. The Morgan fingerprint density at radius 3 is 2.73 bits per heavy atom. The third-order valence-electron chi connectivity index (χ3n) is 7.00. The number of nitrogens with one attached hydrogen (secondary N) is 1. The number of nitrogens with zero attached hydrogens (tertiary/aromatic N) is 3. The highest BCUT2D eigenvalue weighted by molar-refractivity contribution is 5.74. The van der Waals surface area contributed by atoms with Crippen LogP contribution in [0.1, 0.15) is 82.5 Å². The van der Waals surface area contributed by atoms with Gasteiger partial charge >= 0.3 is 6.03 Å². The Morgan fingerprint density at radius 2 is 1.96 bits per heavy atom. The van der Waals surface area contributed by atoms with E-state index >= 15 is 0 Å². The second kappa shape index (κ2) is 7.24. The van der Waals surface area contributed by atoms with E-state index in [0.717, 1.165) is 32.4 Å². The fourth-order valence-corrected chi connectivity index (χ4v) is 5.44. The van der Waals surface area contributed by atoms with E-state index in [0.29, 0.717) is 11.5 Å². The SMILES string of the molecule is CC(C)n1ncc2c1CC(NC(=O)N1CCCC3(CCCC3)CC1)CC2. The lowest BCUT2D eigenvalue weighted by molar-refractivity contribution is 0.189. The second-order valence-corrected chi connectivity index (χ2v) is 9.09. The Balaban J connectivity index is 1.35. The summed E-state index contributed by atoms with van der Waals surface area (Å²) in [5.41, 5.74) is 3.23. The number of hydrogen-bond donors (Lipinski definition) is 1. The Labute approximate surface area is 157 Å². The largest absolute Gasteiger partial charge is 0.335 e. The van der Waals surface area contributed by atoms with Crippen LogP contribution in [0.15, 0.2) is 6.20 Å². The Morgan fingerprint density at radius 1 is 1.19 bits per heavy atom. The van der Waals surface area contributed by atoms with E-state index < -0.39 is 0 Å². The van der Waals surface area contributed by atoms with E-state index in [1.165, 1.54) is 56.2 Å². The number of amides is 2. The maximum atomic E-state index is 12.9. The molecule has 5 nitrogen and oxygen atoms in total. The Bertz CT molecular complexity index is 644. The minimum absolute atomic E-state index is 0.157. The molecule has 1 N–H and O–H groups in total. The summed E-state index contributed by atoms with van der Waals surface area (Å²) in [6, 6.07) is 0.776. The second-order valence-electron chi connectivity index (χ2n) is 9.09. The zero-order valence-corrected chi connectivity index (χ0v) is 16.5. The van der Waals surface area contributed by atoms with Crippen LogP contribution in [0, 0.1) is 5.41 Å². The molecule has 0 radical (unpaired) electrons. The van der Waals surface area contributed by atoms with Crippen molar-refractivity contribution in [2.24, 2.45) is 5.41 Å². The Hall–Kier alpha value is -1.52. The van der Waals surface area contributed by atoms with Gasteiger partial charge in [0.05, 0.1) is 6.20 Å². The van der Waals surface area contributed by atoms with E-state index in [1.54, 1.807) is 0 Å². The number of carbonyl (C=O) groups is 1. The number of rotatable bonds is 2. The van der Waals surface area contributed by atoms with Crippen LogP contribution in [-0.4, -0.2) is 39.8 Å². The number of likely N-dealkylation sites (tertiary alicyclic amines) is 1. The lowest BCUT2D eigenvalue weighted by Crippen LogP contribution is -2.47. The third kappa shape index (κ3) is 3.49. The van der Waals surface area contributed by atoms with Crippen LogP contribution < -0.4 is 5.32 Å². The molecular weight excluding hydrogens is 324 g/mol. The zero-order valence-electron chi connectivity index (χ0n) is 16.5. The lowest BCUT2D eigenvalue weighted by Gasteiger charge is -2.29. The highest BCUT2D eigenvalue weighted by Gasteiger charge is 2.36. The van der Waals surface area contributed by atoms with E-state index in [9.17, 15) is 4.79 Å². The molecule has 3 aliphatic rings. The normalized spacial score (nSPS) is 25.3. The van der Waals surface area contributed by atoms with Crippen LogP contribution in [0.25, 0.3) is 0 Å². The van der Waals surface area contributed by atoms with Crippen molar-refractivity contribution in [1.82, 2.24) is 20.0 Å². The number of fused-ring (bicyclic) bond motifs is 1. The van der Waals surface area contributed by atoms with Gasteiger partial charge in [0.2, 0.25) is 0 Å². The molecule has 0 aromatic carbocycles. The molecule has 2 fully saturated rings. The molecule has 1 saturated carbocycles. The molecule has 1 unspecified atom stereocenters. The average molecular weight is 359 g/mol. The maximum Gasteiger partial charge on any atom is 0.317 e.